The minimum atomic E-state index is -1.55. The van der Waals surface area contributed by atoms with Gasteiger partial charge in [-0.3, -0.25) is 8.77 Å². The van der Waals surface area contributed by atoms with Crippen LogP contribution in [-0.2, 0) is 20.5 Å². The summed E-state index contributed by atoms with van der Waals surface area (Å²) in [5, 5.41) is 12.8. The fourth-order valence-electron chi connectivity index (χ4n) is 5.47. The van der Waals surface area contributed by atoms with E-state index in [9.17, 15) is 14.3 Å². The summed E-state index contributed by atoms with van der Waals surface area (Å²) in [4.78, 5) is 15.7. The Kier molecular flexibility index (Phi) is 7.01. The molecule has 0 amide bonds. The highest BCUT2D eigenvalue weighted by Gasteiger charge is 2.30. The summed E-state index contributed by atoms with van der Waals surface area (Å²) in [6.45, 7) is 3.34. The monoisotopic (exact) mass is 565 g/mol. The molecule has 1 saturated heterocycles. The number of carbonyl (C=O) groups excluding carboxylic acids is 1. The Morgan fingerprint density at radius 1 is 1.07 bits per heavy atom. The highest BCUT2D eigenvalue weighted by molar-refractivity contribution is 7.83. The third-order valence-corrected chi connectivity index (χ3v) is 9.67. The number of aromatic nitrogens is 1. The third-order valence-electron chi connectivity index (χ3n) is 7.46. The van der Waals surface area contributed by atoms with Crippen LogP contribution in [0.2, 0.25) is 0 Å². The predicted molar refractivity (Wildman–Crippen MR) is 161 cm³/mol. The van der Waals surface area contributed by atoms with Crippen LogP contribution in [0.25, 0.3) is 33.3 Å². The molecule has 3 aromatic carbocycles. The van der Waals surface area contributed by atoms with Crippen LogP contribution in [0.1, 0.15) is 16.9 Å². The molecule has 3 heterocycles. The van der Waals surface area contributed by atoms with Crippen LogP contribution in [-0.4, -0.2) is 34.3 Å². The number of para-hydroxylation sites is 1. The number of thiophene rings is 1. The first kappa shape index (κ1) is 26.1. The second-order valence-corrected chi connectivity index (χ2v) is 12.1. The largest absolute Gasteiger partial charge is 0.469 e. The minimum absolute atomic E-state index is 0.159. The lowest BCUT2D eigenvalue weighted by atomic mass is 9.98. The number of ether oxygens (including phenoxy) is 1. The molecule has 0 aliphatic carbocycles. The first-order valence-corrected chi connectivity index (χ1v) is 15.0. The Bertz CT molecular complexity index is 1800. The molecule has 0 spiro atoms. The number of anilines is 1. The standard InChI is InChI=1S/C32H27N3O3S2/c1-21-10-12-25(13-11-21)40(37)35-28-9-4-3-8-26(28)30(27-15-17-39-29(27)19-33)31(35)22-6-5-7-24(18-22)34-16-14-23(20-34)32(36)38-2/h3-13,15,17-18,23H,14,16,20H2,1-2H3. The predicted octanol–water partition coefficient (Wildman–Crippen LogP) is 6.79. The number of carbonyl (C=O) groups is 1. The molecule has 0 bridgehead atoms. The van der Waals surface area contributed by atoms with E-state index in [1.165, 1.54) is 18.4 Å². The van der Waals surface area contributed by atoms with Gasteiger partial charge in [0.25, 0.3) is 0 Å². The van der Waals surface area contributed by atoms with Gasteiger partial charge >= 0.3 is 5.97 Å². The Morgan fingerprint density at radius 2 is 1.88 bits per heavy atom. The van der Waals surface area contributed by atoms with Gasteiger partial charge in [-0.1, -0.05) is 48.0 Å². The topological polar surface area (TPSA) is 75.3 Å². The molecular formula is C32H27N3O3S2. The van der Waals surface area contributed by atoms with Crippen molar-refractivity contribution in [3.05, 3.63) is 94.7 Å². The molecule has 1 aliphatic heterocycles. The fraction of sp³-hybridized carbons (Fsp3) is 0.188. The van der Waals surface area contributed by atoms with Gasteiger partial charge in [-0.2, -0.15) is 5.26 Å². The molecular weight excluding hydrogens is 539 g/mol. The van der Waals surface area contributed by atoms with Crippen molar-refractivity contribution in [3.8, 4) is 28.5 Å². The van der Waals surface area contributed by atoms with E-state index in [2.05, 4.69) is 17.0 Å². The first-order chi connectivity index (χ1) is 19.5. The number of rotatable bonds is 6. The summed E-state index contributed by atoms with van der Waals surface area (Å²) in [6, 6.07) is 28.2. The lowest BCUT2D eigenvalue weighted by Crippen LogP contribution is -2.23. The van der Waals surface area contributed by atoms with Gasteiger partial charge in [0, 0.05) is 40.9 Å². The lowest BCUT2D eigenvalue weighted by Gasteiger charge is -2.20. The van der Waals surface area contributed by atoms with Crippen LogP contribution in [0.5, 0.6) is 0 Å². The average molecular weight is 566 g/mol. The van der Waals surface area contributed by atoms with E-state index in [0.29, 0.717) is 16.3 Å². The molecule has 0 radical (unpaired) electrons. The van der Waals surface area contributed by atoms with Crippen LogP contribution >= 0.6 is 11.3 Å². The van der Waals surface area contributed by atoms with Gasteiger partial charge in [-0.25, -0.2) is 4.21 Å². The summed E-state index contributed by atoms with van der Waals surface area (Å²) in [5.74, 6) is -0.343. The van der Waals surface area contributed by atoms with E-state index >= 15 is 0 Å². The Morgan fingerprint density at radius 3 is 2.65 bits per heavy atom. The number of aryl methyl sites for hydroxylation is 1. The number of benzene rings is 3. The molecule has 6 nitrogen and oxygen atoms in total. The van der Waals surface area contributed by atoms with Crippen molar-refractivity contribution in [2.24, 2.45) is 5.92 Å². The van der Waals surface area contributed by atoms with Crippen LogP contribution in [0, 0.1) is 24.2 Å². The normalized spacial score (nSPS) is 15.7. The molecule has 0 saturated carbocycles. The van der Waals surface area contributed by atoms with Gasteiger partial charge in [0.05, 0.1) is 29.1 Å². The molecule has 2 atom stereocenters. The zero-order valence-electron chi connectivity index (χ0n) is 22.2. The van der Waals surface area contributed by atoms with Gasteiger partial charge < -0.3 is 9.64 Å². The summed E-state index contributed by atoms with van der Waals surface area (Å²) < 4.78 is 21.2. The number of hydrogen-bond acceptors (Lipinski definition) is 6. The number of nitrogens with zero attached hydrogens (tertiary/aromatic N) is 3. The van der Waals surface area contributed by atoms with Crippen molar-refractivity contribution in [2.45, 2.75) is 18.2 Å². The molecule has 1 fully saturated rings. The van der Waals surface area contributed by atoms with Crippen molar-refractivity contribution < 1.29 is 13.7 Å². The second-order valence-electron chi connectivity index (χ2n) is 9.88. The zero-order chi connectivity index (χ0) is 27.8. The third kappa shape index (κ3) is 4.51. The Balaban J connectivity index is 1.59. The number of esters is 1. The number of methoxy groups -OCH3 is 1. The molecule has 0 N–H and O–H groups in total. The molecule has 5 aromatic rings. The fourth-order valence-corrected chi connectivity index (χ4v) is 7.44. The van der Waals surface area contributed by atoms with E-state index in [1.54, 1.807) is 0 Å². The highest BCUT2D eigenvalue weighted by atomic mass is 32.2. The molecule has 6 rings (SSSR count). The first-order valence-electron chi connectivity index (χ1n) is 13.0. The summed E-state index contributed by atoms with van der Waals surface area (Å²) in [5.41, 5.74) is 6.31. The van der Waals surface area contributed by atoms with Gasteiger partial charge in [-0.15, -0.1) is 11.3 Å². The van der Waals surface area contributed by atoms with Crippen molar-refractivity contribution >= 4 is 44.9 Å². The smallest absolute Gasteiger partial charge is 0.310 e. The maximum Gasteiger partial charge on any atom is 0.310 e. The lowest BCUT2D eigenvalue weighted by molar-refractivity contribution is -0.144. The molecule has 200 valence electrons. The summed E-state index contributed by atoms with van der Waals surface area (Å²) in [7, 11) is -0.120. The quantitative estimate of drug-likeness (QED) is 0.212. The number of hydrogen-bond donors (Lipinski definition) is 0. The van der Waals surface area contributed by atoms with Crippen LogP contribution in [0.3, 0.4) is 0 Å². The van der Waals surface area contributed by atoms with E-state index in [1.807, 2.05) is 89.1 Å². The van der Waals surface area contributed by atoms with E-state index in [0.717, 1.165) is 57.5 Å². The SMILES string of the molecule is COC(=O)C1CCN(c2cccc(-c3c(-c4ccsc4C#N)c4ccccc4n3S(=O)c3ccc(C)cc3)c2)C1. The van der Waals surface area contributed by atoms with Crippen molar-refractivity contribution in [3.63, 3.8) is 0 Å². The molecule has 2 aromatic heterocycles. The van der Waals surface area contributed by atoms with Crippen molar-refractivity contribution in [1.82, 2.24) is 3.97 Å². The van der Waals surface area contributed by atoms with Crippen LogP contribution in [0.15, 0.2) is 89.1 Å². The summed E-state index contributed by atoms with van der Waals surface area (Å²) in [6.07, 6.45) is 0.736. The average Bonchev–Trinajstić information content (AvgIpc) is 3.74. The molecule has 1 aliphatic rings. The van der Waals surface area contributed by atoms with Crippen LogP contribution < -0.4 is 4.90 Å². The van der Waals surface area contributed by atoms with Crippen LogP contribution in [0.4, 0.5) is 5.69 Å². The van der Waals surface area contributed by atoms with Gasteiger partial charge in [0.15, 0.2) is 11.0 Å². The van der Waals surface area contributed by atoms with E-state index in [4.69, 9.17) is 4.74 Å². The maximum absolute atomic E-state index is 14.3. The number of fused-ring (bicyclic) bond motifs is 1. The number of nitriles is 1. The van der Waals surface area contributed by atoms with Gasteiger partial charge in [0.1, 0.15) is 10.9 Å². The zero-order valence-corrected chi connectivity index (χ0v) is 23.8. The van der Waals surface area contributed by atoms with Crippen molar-refractivity contribution in [1.29, 1.82) is 5.26 Å². The molecule has 40 heavy (non-hydrogen) atoms. The van der Waals surface area contributed by atoms with Gasteiger partial charge in [0.2, 0.25) is 0 Å². The van der Waals surface area contributed by atoms with E-state index in [-0.39, 0.29) is 11.9 Å². The Hall–Kier alpha value is -4.19. The summed E-state index contributed by atoms with van der Waals surface area (Å²) >= 11 is 1.40. The maximum atomic E-state index is 14.3. The van der Waals surface area contributed by atoms with E-state index < -0.39 is 11.0 Å². The van der Waals surface area contributed by atoms with Crippen molar-refractivity contribution in [2.75, 3.05) is 25.1 Å². The second kappa shape index (κ2) is 10.8. The highest BCUT2D eigenvalue weighted by Crippen LogP contribution is 2.45. The molecule has 2 unspecified atom stereocenters. The minimum Gasteiger partial charge on any atom is -0.469 e. The molecule has 8 heteroatoms. The van der Waals surface area contributed by atoms with Gasteiger partial charge in [-0.05, 0) is 55.1 Å². The Labute approximate surface area is 239 Å².